The van der Waals surface area contributed by atoms with Gasteiger partial charge in [0.1, 0.15) is 24.9 Å². The first kappa shape index (κ1) is 25.4. The fraction of sp³-hybridized carbons (Fsp3) is 0.370. The van der Waals surface area contributed by atoms with Gasteiger partial charge in [-0.3, -0.25) is 0 Å². The van der Waals surface area contributed by atoms with E-state index in [1.165, 1.54) is 6.92 Å². The molecule has 0 amide bonds. The van der Waals surface area contributed by atoms with E-state index in [1.54, 1.807) is 12.1 Å². The second-order valence-corrected chi connectivity index (χ2v) is 8.40. The van der Waals surface area contributed by atoms with Gasteiger partial charge in [-0.2, -0.15) is 13.2 Å². The van der Waals surface area contributed by atoms with E-state index in [0.29, 0.717) is 5.75 Å². The number of esters is 1. The van der Waals surface area contributed by atoms with Crippen LogP contribution in [-0.4, -0.2) is 29.9 Å². The molecule has 182 valence electrons. The van der Waals surface area contributed by atoms with Crippen molar-refractivity contribution in [1.82, 2.24) is 4.57 Å². The zero-order valence-electron chi connectivity index (χ0n) is 19.5. The van der Waals surface area contributed by atoms with Gasteiger partial charge in [0.2, 0.25) is 0 Å². The number of halogens is 3. The third-order valence-corrected chi connectivity index (χ3v) is 5.61. The Morgan fingerprint density at radius 1 is 1.06 bits per heavy atom. The monoisotopic (exact) mass is 473 g/mol. The molecule has 4 nitrogen and oxygen atoms in total. The van der Waals surface area contributed by atoms with Crippen LogP contribution in [0, 0.1) is 5.92 Å². The van der Waals surface area contributed by atoms with Gasteiger partial charge in [0.25, 0.3) is 0 Å². The van der Waals surface area contributed by atoms with E-state index in [1.807, 2.05) is 36.4 Å². The topological polar surface area (TPSA) is 40.5 Å². The molecule has 0 aliphatic carbocycles. The molecule has 0 saturated heterocycles. The van der Waals surface area contributed by atoms with Crippen molar-refractivity contribution in [2.45, 2.75) is 45.8 Å². The minimum atomic E-state index is -4.57. The minimum absolute atomic E-state index is 0.0466. The Bertz CT molecular complexity index is 1120. The maximum absolute atomic E-state index is 13.5. The van der Waals surface area contributed by atoms with Crippen molar-refractivity contribution in [1.29, 1.82) is 0 Å². The Hall–Kier alpha value is -3.22. The van der Waals surface area contributed by atoms with E-state index in [-0.39, 0.29) is 5.57 Å². The third kappa shape index (κ3) is 6.43. The number of carbonyl (C=O) groups excluding carboxylic acids is 1. The summed E-state index contributed by atoms with van der Waals surface area (Å²) in [5, 5.41) is 0.991. The molecule has 0 aliphatic rings. The zero-order valence-corrected chi connectivity index (χ0v) is 19.5. The number of fused-ring (bicyclic) bond motifs is 1. The highest BCUT2D eigenvalue weighted by Gasteiger charge is 2.41. The van der Waals surface area contributed by atoms with Crippen LogP contribution in [0.5, 0.6) is 5.75 Å². The van der Waals surface area contributed by atoms with Crippen LogP contribution in [0.2, 0.25) is 0 Å². The molecule has 0 aliphatic heterocycles. The first-order valence-corrected chi connectivity index (χ1v) is 11.4. The molecule has 0 bridgehead atoms. The van der Waals surface area contributed by atoms with Gasteiger partial charge < -0.3 is 14.0 Å². The van der Waals surface area contributed by atoms with Crippen LogP contribution < -0.4 is 4.74 Å². The Morgan fingerprint density at radius 2 is 1.79 bits per heavy atom. The minimum Gasteiger partial charge on any atom is -0.493 e. The van der Waals surface area contributed by atoms with Crippen LogP contribution in [0.1, 0.15) is 33.1 Å². The maximum atomic E-state index is 13.5. The first-order chi connectivity index (χ1) is 16.2. The van der Waals surface area contributed by atoms with Crippen molar-refractivity contribution in [3.05, 3.63) is 66.7 Å². The van der Waals surface area contributed by atoms with Crippen LogP contribution in [-0.2, 0) is 16.1 Å². The highest BCUT2D eigenvalue weighted by molar-refractivity contribution is 5.88. The fourth-order valence-corrected chi connectivity index (χ4v) is 3.67. The maximum Gasteiger partial charge on any atom is 0.398 e. The molecule has 7 heteroatoms. The number of rotatable bonds is 11. The van der Waals surface area contributed by atoms with E-state index in [0.717, 1.165) is 48.0 Å². The summed E-state index contributed by atoms with van der Waals surface area (Å²) in [7, 11) is 0. The molecule has 1 unspecified atom stereocenters. The van der Waals surface area contributed by atoms with E-state index < -0.39 is 31.3 Å². The molecular formula is C27H30F3NO3. The summed E-state index contributed by atoms with van der Waals surface area (Å²) < 4.78 is 52.8. The van der Waals surface area contributed by atoms with Crippen molar-refractivity contribution >= 4 is 16.9 Å². The predicted octanol–water partition coefficient (Wildman–Crippen LogP) is 7.18. The number of alkyl halides is 3. The lowest BCUT2D eigenvalue weighted by Crippen LogP contribution is -2.33. The van der Waals surface area contributed by atoms with E-state index in [9.17, 15) is 18.0 Å². The summed E-state index contributed by atoms with van der Waals surface area (Å²) in [6.45, 7) is 6.24. The van der Waals surface area contributed by atoms with Crippen LogP contribution >= 0.6 is 0 Å². The molecule has 0 N–H and O–H groups in total. The number of nitrogens with zero attached hydrogens (tertiary/aromatic N) is 1. The molecule has 1 atom stereocenters. The van der Waals surface area contributed by atoms with Crippen molar-refractivity contribution in [2.24, 2.45) is 5.92 Å². The quantitative estimate of drug-likeness (QED) is 0.168. The van der Waals surface area contributed by atoms with Crippen molar-refractivity contribution < 1.29 is 27.4 Å². The largest absolute Gasteiger partial charge is 0.493 e. The molecule has 34 heavy (non-hydrogen) atoms. The van der Waals surface area contributed by atoms with Crippen molar-refractivity contribution in [3.8, 4) is 17.0 Å². The predicted molar refractivity (Wildman–Crippen MR) is 128 cm³/mol. The van der Waals surface area contributed by atoms with Gasteiger partial charge in [-0.1, -0.05) is 56.7 Å². The lowest BCUT2D eigenvalue weighted by atomic mass is 10.1. The average molecular weight is 474 g/mol. The Labute approximate surface area is 198 Å². The highest BCUT2D eigenvalue weighted by atomic mass is 19.4. The second-order valence-electron chi connectivity index (χ2n) is 8.40. The standard InChI is InChI=1S/C27H30F3NO3/c1-4-5-9-14-31-24(20-10-7-6-8-11-20)15-21-12-13-23(16-25(21)31)33-17-22(27(28,29)30)18-34-26(32)19(2)3/h6-8,10-13,15-16,22H,2,4-5,9,14,17-18H2,1,3H3. The van der Waals surface area contributed by atoms with Gasteiger partial charge in [0, 0.05) is 29.3 Å². The summed E-state index contributed by atoms with van der Waals surface area (Å²) in [6.07, 6.45) is -1.40. The van der Waals surface area contributed by atoms with E-state index in [4.69, 9.17) is 9.47 Å². The summed E-state index contributed by atoms with van der Waals surface area (Å²) in [6, 6.07) is 17.4. The molecule has 1 heterocycles. The Balaban J connectivity index is 1.84. The molecule has 0 saturated carbocycles. The van der Waals surface area contributed by atoms with E-state index >= 15 is 0 Å². The van der Waals surface area contributed by atoms with Crippen molar-refractivity contribution in [3.63, 3.8) is 0 Å². The summed E-state index contributed by atoms with van der Waals surface area (Å²) >= 11 is 0. The molecule has 0 spiro atoms. The zero-order chi connectivity index (χ0) is 24.7. The van der Waals surface area contributed by atoms with Gasteiger partial charge in [0.15, 0.2) is 0 Å². The number of aryl methyl sites for hydroxylation is 1. The van der Waals surface area contributed by atoms with E-state index in [2.05, 4.69) is 24.1 Å². The molecule has 3 aromatic rings. The third-order valence-electron chi connectivity index (χ3n) is 5.61. The van der Waals surface area contributed by atoms with Crippen LogP contribution in [0.4, 0.5) is 13.2 Å². The van der Waals surface area contributed by atoms with Crippen LogP contribution in [0.3, 0.4) is 0 Å². The van der Waals surface area contributed by atoms with Gasteiger partial charge in [0.05, 0.1) is 5.52 Å². The Kier molecular flexibility index (Phi) is 8.42. The lowest BCUT2D eigenvalue weighted by Gasteiger charge is -2.20. The van der Waals surface area contributed by atoms with Crippen LogP contribution in [0.25, 0.3) is 22.2 Å². The fourth-order valence-electron chi connectivity index (χ4n) is 3.67. The van der Waals surface area contributed by atoms with Gasteiger partial charge in [-0.05, 0) is 37.1 Å². The normalized spacial score (nSPS) is 12.5. The van der Waals surface area contributed by atoms with Gasteiger partial charge in [-0.15, -0.1) is 0 Å². The molecule has 1 aromatic heterocycles. The Morgan fingerprint density at radius 3 is 2.44 bits per heavy atom. The molecule has 3 rings (SSSR count). The average Bonchev–Trinajstić information content (AvgIpc) is 3.16. The second kappa shape index (κ2) is 11.3. The first-order valence-electron chi connectivity index (χ1n) is 11.4. The van der Waals surface area contributed by atoms with Gasteiger partial charge >= 0.3 is 12.1 Å². The number of hydrogen-bond donors (Lipinski definition) is 0. The van der Waals surface area contributed by atoms with Crippen molar-refractivity contribution in [2.75, 3.05) is 13.2 Å². The smallest absolute Gasteiger partial charge is 0.398 e. The molecular weight excluding hydrogens is 443 g/mol. The van der Waals surface area contributed by atoms with Gasteiger partial charge in [-0.25, -0.2) is 4.79 Å². The van der Waals surface area contributed by atoms with Crippen LogP contribution in [0.15, 0.2) is 66.7 Å². The number of unbranched alkanes of at least 4 members (excludes halogenated alkanes) is 2. The number of ether oxygens (including phenoxy) is 2. The summed E-state index contributed by atoms with van der Waals surface area (Å²) in [5.41, 5.74) is 3.09. The summed E-state index contributed by atoms with van der Waals surface area (Å²) in [5.74, 6) is -2.46. The molecule has 2 aromatic carbocycles. The highest BCUT2D eigenvalue weighted by Crippen LogP contribution is 2.32. The number of carbonyl (C=O) groups is 1. The number of hydrogen-bond acceptors (Lipinski definition) is 3. The lowest BCUT2D eigenvalue weighted by molar-refractivity contribution is -0.196. The molecule has 0 radical (unpaired) electrons. The summed E-state index contributed by atoms with van der Waals surface area (Å²) in [4.78, 5) is 11.5. The SMILES string of the molecule is C=C(C)C(=O)OCC(COc1ccc2cc(-c3ccccc3)n(CCCCC)c2c1)C(F)(F)F. The molecule has 0 fully saturated rings. The number of aromatic nitrogens is 1. The number of benzene rings is 2.